The van der Waals surface area contributed by atoms with Crippen LogP contribution in [0.2, 0.25) is 26.2 Å². The molecule has 7 heteroatoms. The van der Waals surface area contributed by atoms with Gasteiger partial charge in [-0.3, -0.25) is 4.79 Å². The molecule has 0 aliphatic rings. The van der Waals surface area contributed by atoms with E-state index in [2.05, 4.69) is 26.2 Å². The van der Waals surface area contributed by atoms with Crippen molar-refractivity contribution in [2.75, 3.05) is 13.2 Å². The van der Waals surface area contributed by atoms with Gasteiger partial charge in [-0.25, -0.2) is 0 Å². The van der Waals surface area contributed by atoms with E-state index < -0.39 is 17.6 Å². The SMILES string of the molecule is C[SiH](C)C(Cl)CCOc1ccc(C(=O)c2ccc(OCCC(Cl)[SiH](C)C)cc2)cc1. The van der Waals surface area contributed by atoms with Crippen LogP contribution in [0.4, 0.5) is 0 Å². The fraction of sp³-hybridized carbons (Fsp3) is 0.435. The van der Waals surface area contributed by atoms with Gasteiger partial charge in [0.25, 0.3) is 0 Å². The molecule has 2 atom stereocenters. The minimum Gasteiger partial charge on any atom is -0.494 e. The van der Waals surface area contributed by atoms with Crippen molar-refractivity contribution in [1.29, 1.82) is 0 Å². The topological polar surface area (TPSA) is 35.5 Å². The van der Waals surface area contributed by atoms with Gasteiger partial charge in [0.05, 0.1) is 30.8 Å². The highest BCUT2D eigenvalue weighted by Gasteiger charge is 2.13. The van der Waals surface area contributed by atoms with Crippen molar-refractivity contribution in [1.82, 2.24) is 0 Å². The summed E-state index contributed by atoms with van der Waals surface area (Å²) in [4.78, 5) is 12.7. The summed E-state index contributed by atoms with van der Waals surface area (Å²) in [6.07, 6.45) is 1.71. The van der Waals surface area contributed by atoms with Crippen molar-refractivity contribution in [3.63, 3.8) is 0 Å². The Morgan fingerprint density at radius 1 is 0.733 bits per heavy atom. The molecule has 3 nitrogen and oxygen atoms in total. The lowest BCUT2D eigenvalue weighted by molar-refractivity contribution is 0.103. The first kappa shape index (κ1) is 25.0. The van der Waals surface area contributed by atoms with Crippen molar-refractivity contribution in [2.24, 2.45) is 0 Å². The van der Waals surface area contributed by atoms with E-state index >= 15 is 0 Å². The quantitative estimate of drug-likeness (QED) is 0.220. The van der Waals surface area contributed by atoms with Gasteiger partial charge in [-0.05, 0) is 61.4 Å². The molecule has 30 heavy (non-hydrogen) atoms. The van der Waals surface area contributed by atoms with Crippen LogP contribution in [0.1, 0.15) is 28.8 Å². The molecule has 0 aliphatic carbocycles. The van der Waals surface area contributed by atoms with Gasteiger partial charge in [-0.15, -0.1) is 23.2 Å². The molecule has 2 aromatic carbocycles. The Balaban J connectivity index is 1.85. The first-order valence-electron chi connectivity index (χ1n) is 10.6. The second kappa shape index (κ2) is 12.5. The molecule has 164 valence electrons. The van der Waals surface area contributed by atoms with Gasteiger partial charge < -0.3 is 9.47 Å². The van der Waals surface area contributed by atoms with E-state index in [1.807, 2.05) is 24.3 Å². The third kappa shape index (κ3) is 8.10. The molecule has 0 aliphatic heterocycles. The van der Waals surface area contributed by atoms with E-state index in [1.165, 1.54) is 0 Å². The molecule has 2 rings (SSSR count). The molecule has 0 aromatic heterocycles. The second-order valence-electron chi connectivity index (χ2n) is 8.17. The molecular weight excluding hydrogens is 451 g/mol. The largest absolute Gasteiger partial charge is 0.494 e. The molecule has 0 bridgehead atoms. The zero-order valence-electron chi connectivity index (χ0n) is 18.2. The van der Waals surface area contributed by atoms with Gasteiger partial charge >= 0.3 is 0 Å². The molecule has 0 saturated heterocycles. The minimum atomic E-state index is -0.839. The van der Waals surface area contributed by atoms with E-state index in [9.17, 15) is 4.79 Å². The Kier molecular flexibility index (Phi) is 10.5. The van der Waals surface area contributed by atoms with E-state index in [0.717, 1.165) is 24.3 Å². The third-order valence-corrected chi connectivity index (χ3v) is 12.0. The van der Waals surface area contributed by atoms with E-state index in [4.69, 9.17) is 32.7 Å². The normalized spacial score (nSPS) is 13.3. The van der Waals surface area contributed by atoms with Gasteiger partial charge in [0.1, 0.15) is 11.5 Å². The average molecular weight is 484 g/mol. The highest BCUT2D eigenvalue weighted by atomic mass is 35.5. The van der Waals surface area contributed by atoms with Crippen molar-refractivity contribution in [2.45, 2.75) is 49.0 Å². The van der Waals surface area contributed by atoms with Gasteiger partial charge in [0, 0.05) is 21.1 Å². The number of hydrogen-bond donors (Lipinski definition) is 0. The molecular formula is C23H32Cl2O3Si2. The van der Waals surface area contributed by atoms with Crippen LogP contribution in [0.5, 0.6) is 11.5 Å². The summed E-state index contributed by atoms with van der Waals surface area (Å²) >= 11 is 12.6. The van der Waals surface area contributed by atoms with Crippen LogP contribution in [-0.2, 0) is 0 Å². The monoisotopic (exact) mass is 482 g/mol. The molecule has 0 saturated carbocycles. The van der Waals surface area contributed by atoms with Crippen LogP contribution in [0.15, 0.2) is 48.5 Å². The predicted octanol–water partition coefficient (Wildman–Crippen LogP) is 5.72. The summed E-state index contributed by atoms with van der Waals surface area (Å²) in [5, 5.41) is 0.484. The number of benzene rings is 2. The summed E-state index contributed by atoms with van der Waals surface area (Å²) in [6.45, 7) is 10.1. The fourth-order valence-electron chi connectivity index (χ4n) is 2.82. The number of alkyl halides is 2. The molecule has 0 spiro atoms. The summed E-state index contributed by atoms with van der Waals surface area (Å²) in [5.74, 6) is 1.49. The van der Waals surface area contributed by atoms with Gasteiger partial charge in [0.2, 0.25) is 0 Å². The number of ether oxygens (including phenoxy) is 2. The van der Waals surface area contributed by atoms with Crippen LogP contribution >= 0.6 is 23.2 Å². The van der Waals surface area contributed by atoms with Crippen LogP contribution < -0.4 is 9.47 Å². The number of rotatable bonds is 12. The Morgan fingerprint density at radius 3 is 1.37 bits per heavy atom. The van der Waals surface area contributed by atoms with Crippen molar-refractivity contribution in [3.05, 3.63) is 59.7 Å². The molecule has 0 heterocycles. The molecule has 0 fully saturated rings. The highest BCUT2D eigenvalue weighted by Crippen LogP contribution is 2.19. The first-order chi connectivity index (χ1) is 14.3. The maximum atomic E-state index is 12.7. The number of ketones is 1. The Hall–Kier alpha value is -1.28. The van der Waals surface area contributed by atoms with Crippen molar-refractivity contribution in [3.8, 4) is 11.5 Å². The molecule has 0 N–H and O–H groups in total. The lowest BCUT2D eigenvalue weighted by Crippen LogP contribution is -2.20. The summed E-state index contributed by atoms with van der Waals surface area (Å²) < 4.78 is 11.5. The zero-order valence-corrected chi connectivity index (χ0v) is 22.1. The van der Waals surface area contributed by atoms with E-state index in [0.29, 0.717) is 24.3 Å². The number of hydrogen-bond acceptors (Lipinski definition) is 3. The summed E-state index contributed by atoms with van der Waals surface area (Å²) in [6, 6.07) is 14.5. The average Bonchev–Trinajstić information content (AvgIpc) is 2.74. The molecule has 2 unspecified atom stereocenters. The van der Waals surface area contributed by atoms with Crippen LogP contribution in [0.3, 0.4) is 0 Å². The minimum absolute atomic E-state index is 0.0219. The third-order valence-electron chi connectivity index (χ3n) is 5.00. The zero-order chi connectivity index (χ0) is 22.1. The molecule has 2 aromatic rings. The van der Waals surface area contributed by atoms with Gasteiger partial charge in [-0.2, -0.15) is 0 Å². The van der Waals surface area contributed by atoms with E-state index in [1.54, 1.807) is 24.3 Å². The fourth-order valence-corrected chi connectivity index (χ4v) is 4.60. The highest BCUT2D eigenvalue weighted by molar-refractivity contribution is 6.67. The van der Waals surface area contributed by atoms with Crippen molar-refractivity contribution < 1.29 is 14.3 Å². The summed E-state index contributed by atoms with van der Waals surface area (Å²) in [5.41, 5.74) is 1.26. The number of carbonyl (C=O) groups excluding carboxylic acids is 1. The van der Waals surface area contributed by atoms with Crippen LogP contribution in [-0.4, -0.2) is 46.6 Å². The number of carbonyl (C=O) groups is 1. The van der Waals surface area contributed by atoms with Gasteiger partial charge in [-0.1, -0.05) is 26.2 Å². The second-order valence-corrected chi connectivity index (χ2v) is 16.7. The maximum Gasteiger partial charge on any atom is 0.193 e. The van der Waals surface area contributed by atoms with Gasteiger partial charge in [0.15, 0.2) is 5.78 Å². The van der Waals surface area contributed by atoms with Crippen LogP contribution in [0, 0.1) is 0 Å². The smallest absolute Gasteiger partial charge is 0.193 e. The molecule has 0 amide bonds. The molecule has 0 radical (unpaired) electrons. The Labute approximate surface area is 193 Å². The lowest BCUT2D eigenvalue weighted by Gasteiger charge is -2.13. The Bertz CT molecular complexity index is 715. The Morgan fingerprint density at radius 2 is 1.07 bits per heavy atom. The maximum absolute atomic E-state index is 12.7. The first-order valence-corrected chi connectivity index (χ1v) is 17.4. The lowest BCUT2D eigenvalue weighted by atomic mass is 10.0. The standard InChI is InChI=1S/C23H32Cl2O3Si2/c1-29(2)21(24)13-15-27-19-9-5-17(6-10-19)23(26)18-7-11-20(12-8-18)28-16-14-22(25)30(3)4/h5-12,21-22,29-30H,13-16H2,1-4H3. The van der Waals surface area contributed by atoms with Crippen molar-refractivity contribution >= 4 is 46.6 Å². The van der Waals surface area contributed by atoms with E-state index in [-0.39, 0.29) is 15.8 Å². The predicted molar refractivity (Wildman–Crippen MR) is 134 cm³/mol. The number of halogens is 2. The van der Waals surface area contributed by atoms with Crippen LogP contribution in [0.25, 0.3) is 0 Å². The summed E-state index contributed by atoms with van der Waals surface area (Å²) in [7, 11) is -1.68.